The second-order valence-corrected chi connectivity index (χ2v) is 9.10. The lowest BCUT2D eigenvalue weighted by molar-refractivity contribution is -0.130. The highest BCUT2D eigenvalue weighted by molar-refractivity contribution is 5.88. The first-order valence-corrected chi connectivity index (χ1v) is 11.6. The standard InChI is InChI=1S/C24H33N7O2/c1-16(2)26-8-4-5-23(32)30-13-19(14-30)31(12-17-6-7-17)21-9-18(11-27-24(21)33)20-10-22(25-3)29-15-28-20/h4-5,9-11,15-17,19,26H,6-8,12-14H2,1-3H3,(H,27,33)(H,25,28,29). The first-order chi connectivity index (χ1) is 15.9. The lowest BCUT2D eigenvalue weighted by Gasteiger charge is -2.46. The number of aromatic nitrogens is 3. The molecule has 1 saturated heterocycles. The van der Waals surface area contributed by atoms with Gasteiger partial charge in [-0.15, -0.1) is 0 Å². The lowest BCUT2D eigenvalue weighted by atomic mass is 10.0. The number of hydrogen-bond donors (Lipinski definition) is 3. The molecule has 1 saturated carbocycles. The van der Waals surface area contributed by atoms with E-state index in [0.29, 0.717) is 43.1 Å². The Bertz CT molecular complexity index is 1050. The second kappa shape index (κ2) is 10.2. The summed E-state index contributed by atoms with van der Waals surface area (Å²) in [7, 11) is 1.81. The van der Waals surface area contributed by atoms with Gasteiger partial charge < -0.3 is 25.4 Å². The van der Waals surface area contributed by atoms with Crippen molar-refractivity contribution in [3.8, 4) is 11.3 Å². The minimum atomic E-state index is -0.119. The number of carbonyl (C=O) groups is 1. The molecule has 176 valence electrons. The third kappa shape index (κ3) is 5.78. The van der Waals surface area contributed by atoms with Gasteiger partial charge in [0.2, 0.25) is 5.91 Å². The van der Waals surface area contributed by atoms with Gasteiger partial charge in [-0.05, 0) is 24.8 Å². The maximum absolute atomic E-state index is 12.8. The number of amides is 1. The average molecular weight is 452 g/mol. The van der Waals surface area contributed by atoms with Crippen LogP contribution in [0.1, 0.15) is 26.7 Å². The molecule has 0 spiro atoms. The number of anilines is 2. The third-order valence-corrected chi connectivity index (χ3v) is 6.08. The Kier molecular flexibility index (Phi) is 7.08. The van der Waals surface area contributed by atoms with Crippen LogP contribution in [0.4, 0.5) is 11.5 Å². The van der Waals surface area contributed by atoms with E-state index in [9.17, 15) is 9.59 Å². The van der Waals surface area contributed by atoms with Gasteiger partial charge in [-0.25, -0.2) is 9.97 Å². The molecule has 0 aromatic carbocycles. The van der Waals surface area contributed by atoms with Crippen LogP contribution in [0.5, 0.6) is 0 Å². The van der Waals surface area contributed by atoms with Gasteiger partial charge in [-0.1, -0.05) is 19.9 Å². The largest absolute Gasteiger partial charge is 0.373 e. The van der Waals surface area contributed by atoms with Crippen LogP contribution in [0, 0.1) is 5.92 Å². The second-order valence-electron chi connectivity index (χ2n) is 9.10. The highest BCUT2D eigenvalue weighted by atomic mass is 16.2. The Morgan fingerprint density at radius 3 is 2.79 bits per heavy atom. The highest BCUT2D eigenvalue weighted by Crippen LogP contribution is 2.33. The SMILES string of the molecule is CNc1cc(-c2c[nH]c(=O)c(N(CC3CC3)C3CN(C(=O)C=CCNC(C)C)C3)c2)ncn1. The molecular formula is C24H33N7O2. The van der Waals surface area contributed by atoms with Crippen molar-refractivity contribution in [3.63, 3.8) is 0 Å². The molecule has 3 N–H and O–H groups in total. The summed E-state index contributed by atoms with van der Waals surface area (Å²) in [4.78, 5) is 40.7. The van der Waals surface area contributed by atoms with Gasteiger partial charge in [-0.2, -0.15) is 0 Å². The Balaban J connectivity index is 1.48. The van der Waals surface area contributed by atoms with Crippen molar-refractivity contribution in [3.05, 3.63) is 47.2 Å². The predicted octanol–water partition coefficient (Wildman–Crippen LogP) is 1.86. The van der Waals surface area contributed by atoms with Gasteiger partial charge in [0.25, 0.3) is 5.56 Å². The molecule has 0 bridgehead atoms. The summed E-state index contributed by atoms with van der Waals surface area (Å²) in [6.07, 6.45) is 9.08. The maximum Gasteiger partial charge on any atom is 0.271 e. The summed E-state index contributed by atoms with van der Waals surface area (Å²) in [6, 6.07) is 4.28. The van der Waals surface area contributed by atoms with Crippen LogP contribution in [-0.4, -0.2) is 71.1 Å². The molecule has 0 atom stereocenters. The van der Waals surface area contributed by atoms with Crippen LogP contribution in [0.25, 0.3) is 11.3 Å². The maximum atomic E-state index is 12.8. The van der Waals surface area contributed by atoms with E-state index in [1.165, 1.54) is 19.2 Å². The van der Waals surface area contributed by atoms with Crippen molar-refractivity contribution in [2.75, 3.05) is 43.4 Å². The molecule has 2 aromatic heterocycles. The molecule has 33 heavy (non-hydrogen) atoms. The van der Waals surface area contributed by atoms with E-state index in [-0.39, 0.29) is 17.5 Å². The van der Waals surface area contributed by atoms with Crippen LogP contribution in [0.3, 0.4) is 0 Å². The number of carbonyl (C=O) groups excluding carboxylic acids is 1. The van der Waals surface area contributed by atoms with Crippen LogP contribution in [0.15, 0.2) is 41.6 Å². The number of hydrogen-bond acceptors (Lipinski definition) is 7. The smallest absolute Gasteiger partial charge is 0.271 e. The van der Waals surface area contributed by atoms with Crippen molar-refractivity contribution in [2.24, 2.45) is 5.92 Å². The topological polar surface area (TPSA) is 106 Å². The summed E-state index contributed by atoms with van der Waals surface area (Å²) < 4.78 is 0. The zero-order valence-electron chi connectivity index (χ0n) is 19.5. The van der Waals surface area contributed by atoms with Gasteiger partial charge in [0.05, 0.1) is 11.7 Å². The predicted molar refractivity (Wildman–Crippen MR) is 130 cm³/mol. The molecule has 1 aliphatic carbocycles. The summed E-state index contributed by atoms with van der Waals surface area (Å²) in [5.74, 6) is 1.34. The zero-order valence-corrected chi connectivity index (χ0v) is 19.5. The molecule has 2 fully saturated rings. The number of rotatable bonds is 10. The zero-order chi connectivity index (χ0) is 23.4. The molecule has 2 aromatic rings. The number of nitrogens with one attached hydrogen (secondary N) is 3. The molecular weight excluding hydrogens is 418 g/mol. The van der Waals surface area contributed by atoms with E-state index in [2.05, 4.69) is 44.3 Å². The Morgan fingerprint density at radius 2 is 2.09 bits per heavy atom. The Hall–Kier alpha value is -3.20. The van der Waals surface area contributed by atoms with E-state index < -0.39 is 0 Å². The van der Waals surface area contributed by atoms with Crippen LogP contribution in [-0.2, 0) is 4.79 Å². The number of H-pyrrole nitrogens is 1. The van der Waals surface area contributed by atoms with Gasteiger partial charge in [0, 0.05) is 63.2 Å². The molecule has 2 aliphatic rings. The summed E-state index contributed by atoms with van der Waals surface area (Å²) in [6.45, 7) is 6.90. The van der Waals surface area contributed by atoms with Gasteiger partial charge in [-0.3, -0.25) is 9.59 Å². The van der Waals surface area contributed by atoms with E-state index in [1.54, 1.807) is 19.3 Å². The lowest BCUT2D eigenvalue weighted by Crippen LogP contribution is -2.62. The van der Waals surface area contributed by atoms with Gasteiger partial charge >= 0.3 is 0 Å². The summed E-state index contributed by atoms with van der Waals surface area (Å²) in [5, 5.41) is 6.28. The third-order valence-electron chi connectivity index (χ3n) is 6.08. The fourth-order valence-electron chi connectivity index (χ4n) is 3.91. The molecule has 1 aliphatic heterocycles. The van der Waals surface area contributed by atoms with Gasteiger partial charge in [0.1, 0.15) is 17.8 Å². The summed E-state index contributed by atoms with van der Waals surface area (Å²) in [5.41, 5.74) is 2.09. The minimum absolute atomic E-state index is 0.0198. The number of pyridine rings is 1. The van der Waals surface area contributed by atoms with Crippen LogP contribution < -0.4 is 21.1 Å². The number of likely N-dealkylation sites (tertiary alicyclic amines) is 1. The van der Waals surface area contributed by atoms with E-state index >= 15 is 0 Å². The molecule has 1 amide bonds. The molecule has 0 radical (unpaired) electrons. The van der Waals surface area contributed by atoms with E-state index in [0.717, 1.165) is 17.8 Å². The Morgan fingerprint density at radius 1 is 1.30 bits per heavy atom. The Labute approximate surface area is 194 Å². The molecule has 3 heterocycles. The first kappa shape index (κ1) is 23.0. The molecule has 9 nitrogen and oxygen atoms in total. The first-order valence-electron chi connectivity index (χ1n) is 11.6. The number of nitrogens with zero attached hydrogens (tertiary/aromatic N) is 4. The fourth-order valence-corrected chi connectivity index (χ4v) is 3.91. The van der Waals surface area contributed by atoms with Crippen molar-refractivity contribution in [1.82, 2.24) is 25.2 Å². The monoisotopic (exact) mass is 451 g/mol. The normalized spacial score (nSPS) is 16.3. The van der Waals surface area contributed by atoms with Crippen molar-refractivity contribution in [1.29, 1.82) is 0 Å². The van der Waals surface area contributed by atoms with E-state index in [4.69, 9.17) is 0 Å². The van der Waals surface area contributed by atoms with Crippen LogP contribution >= 0.6 is 0 Å². The minimum Gasteiger partial charge on any atom is -0.373 e. The van der Waals surface area contributed by atoms with Crippen LogP contribution in [0.2, 0.25) is 0 Å². The quantitative estimate of drug-likeness (QED) is 0.474. The van der Waals surface area contributed by atoms with Crippen molar-refractivity contribution >= 4 is 17.4 Å². The summed E-state index contributed by atoms with van der Waals surface area (Å²) >= 11 is 0. The molecule has 0 unspecified atom stereocenters. The fraction of sp³-hybridized carbons (Fsp3) is 0.500. The van der Waals surface area contributed by atoms with Crippen molar-refractivity contribution in [2.45, 2.75) is 38.8 Å². The highest BCUT2D eigenvalue weighted by Gasteiger charge is 2.37. The molecule has 9 heteroatoms. The van der Waals surface area contributed by atoms with Gasteiger partial charge in [0.15, 0.2) is 0 Å². The van der Waals surface area contributed by atoms with E-state index in [1.807, 2.05) is 23.1 Å². The number of aromatic amines is 1. The average Bonchev–Trinajstić information content (AvgIpc) is 3.59. The van der Waals surface area contributed by atoms with Crippen molar-refractivity contribution < 1.29 is 4.79 Å². The molecule has 4 rings (SSSR count).